The summed E-state index contributed by atoms with van der Waals surface area (Å²) in [5.74, 6) is -2.17. The van der Waals surface area contributed by atoms with E-state index in [4.69, 9.17) is 15.1 Å². The zero-order valence-corrected chi connectivity index (χ0v) is 7.69. The summed E-state index contributed by atoms with van der Waals surface area (Å²) >= 11 is 0. The van der Waals surface area contributed by atoms with Gasteiger partial charge in [-0.3, -0.25) is 9.59 Å². The summed E-state index contributed by atoms with van der Waals surface area (Å²) in [5.41, 5.74) is 0.618. The van der Waals surface area contributed by atoms with Gasteiger partial charge in [0.1, 0.15) is 5.40 Å². The van der Waals surface area contributed by atoms with Crippen LogP contribution < -0.4 is 0 Å². The van der Waals surface area contributed by atoms with Crippen molar-refractivity contribution >= 4 is 32.0 Å². The second-order valence-electron chi connectivity index (χ2n) is 3.42. The lowest BCUT2D eigenvalue weighted by atomic mass is 9.40. The van der Waals surface area contributed by atoms with Crippen molar-refractivity contribution < 1.29 is 24.6 Å². The van der Waals surface area contributed by atoms with Gasteiger partial charge in [-0.15, -0.1) is 0 Å². The van der Waals surface area contributed by atoms with Gasteiger partial charge in [0.05, 0.1) is 5.71 Å². The van der Waals surface area contributed by atoms with Crippen LogP contribution in [0.5, 0.6) is 0 Å². The standard InChI is InChI=1S/C6H9B2NO5/c1-3-2-6(14-9-3,7-4(10)11)8-5(12)13/h7-8H,2H2,1H3,(H,10,11)(H,12,13). The van der Waals surface area contributed by atoms with Crippen molar-refractivity contribution in [1.29, 1.82) is 0 Å². The number of hydrogen-bond acceptors (Lipinski definition) is 4. The summed E-state index contributed by atoms with van der Waals surface area (Å²) in [6.07, 6.45) is 0.256. The van der Waals surface area contributed by atoms with Crippen molar-refractivity contribution in [3.63, 3.8) is 0 Å². The molecule has 2 N–H and O–H groups in total. The van der Waals surface area contributed by atoms with Gasteiger partial charge in [-0.2, -0.15) is 0 Å². The van der Waals surface area contributed by atoms with Crippen LogP contribution in [0.3, 0.4) is 0 Å². The van der Waals surface area contributed by atoms with E-state index in [1.165, 1.54) is 0 Å². The fraction of sp³-hybridized carbons (Fsp3) is 0.500. The van der Waals surface area contributed by atoms with E-state index in [1.807, 2.05) is 0 Å². The maximum atomic E-state index is 10.5. The lowest BCUT2D eigenvalue weighted by Gasteiger charge is -2.20. The summed E-state index contributed by atoms with van der Waals surface area (Å²) in [6.45, 7) is 1.67. The molecule has 8 heteroatoms. The van der Waals surface area contributed by atoms with Crippen LogP contribution in [0.15, 0.2) is 5.16 Å². The third-order valence-corrected chi connectivity index (χ3v) is 1.92. The number of oxime groups is 1. The summed E-state index contributed by atoms with van der Waals surface area (Å²) in [5, 5.41) is 19.6. The van der Waals surface area contributed by atoms with Crippen LogP contribution >= 0.6 is 0 Å². The molecule has 0 aromatic rings. The average molecular weight is 197 g/mol. The zero-order chi connectivity index (χ0) is 10.8. The van der Waals surface area contributed by atoms with Crippen LogP contribution in [-0.2, 0) is 4.84 Å². The molecule has 74 valence electrons. The highest BCUT2D eigenvalue weighted by atomic mass is 16.7. The van der Waals surface area contributed by atoms with Gasteiger partial charge in [0, 0.05) is 6.42 Å². The van der Waals surface area contributed by atoms with Gasteiger partial charge < -0.3 is 15.1 Å². The minimum absolute atomic E-state index is 0.256. The van der Waals surface area contributed by atoms with Gasteiger partial charge in [-0.25, -0.2) is 0 Å². The molecule has 1 heterocycles. The predicted molar refractivity (Wildman–Crippen MR) is 51.9 cm³/mol. The van der Waals surface area contributed by atoms with Gasteiger partial charge in [0.25, 0.3) is 0 Å². The molecule has 0 radical (unpaired) electrons. The van der Waals surface area contributed by atoms with Crippen molar-refractivity contribution in [2.75, 3.05) is 0 Å². The second-order valence-corrected chi connectivity index (χ2v) is 3.42. The Morgan fingerprint density at radius 1 is 1.43 bits per heavy atom. The van der Waals surface area contributed by atoms with E-state index in [0.29, 0.717) is 5.71 Å². The molecule has 1 aliphatic heterocycles. The fourth-order valence-corrected chi connectivity index (χ4v) is 1.51. The van der Waals surface area contributed by atoms with Crippen molar-refractivity contribution in [2.24, 2.45) is 5.16 Å². The quantitative estimate of drug-likeness (QED) is 0.601. The lowest BCUT2D eigenvalue weighted by Crippen LogP contribution is -2.48. The summed E-state index contributed by atoms with van der Waals surface area (Å²) in [7, 11) is -0.694. The van der Waals surface area contributed by atoms with Gasteiger partial charge >= 0.3 is 14.6 Å². The van der Waals surface area contributed by atoms with Crippen LogP contribution in [0, 0.1) is 0 Å². The van der Waals surface area contributed by atoms with Gasteiger partial charge in [0.2, 0.25) is 11.7 Å². The maximum Gasteiger partial charge on any atom is 0.305 e. The van der Waals surface area contributed by atoms with Crippen LogP contribution in [-0.4, -0.2) is 47.6 Å². The molecule has 0 amide bonds. The molecule has 0 bridgehead atoms. The molecule has 14 heavy (non-hydrogen) atoms. The molecular weight excluding hydrogens is 188 g/mol. The summed E-state index contributed by atoms with van der Waals surface area (Å²) < 4.78 is 0. The van der Waals surface area contributed by atoms with Crippen molar-refractivity contribution in [1.82, 2.24) is 0 Å². The molecule has 0 spiro atoms. The SMILES string of the molecule is CC1=NOC(BC(=O)O)(BC(=O)O)C1. The van der Waals surface area contributed by atoms with Crippen LogP contribution in [0.1, 0.15) is 13.3 Å². The van der Waals surface area contributed by atoms with Crippen LogP contribution in [0.4, 0.5) is 9.59 Å². The first-order valence-corrected chi connectivity index (χ1v) is 4.09. The molecule has 0 aromatic carbocycles. The molecule has 0 saturated carbocycles. The smallest absolute Gasteiger partial charge is 0.305 e. The third-order valence-electron chi connectivity index (χ3n) is 1.92. The average Bonchev–Trinajstić information content (AvgIpc) is 2.28. The Morgan fingerprint density at radius 3 is 2.21 bits per heavy atom. The molecule has 0 aromatic heterocycles. The minimum Gasteiger partial charge on any atom is -0.489 e. The fourth-order valence-electron chi connectivity index (χ4n) is 1.51. The molecule has 1 aliphatic rings. The van der Waals surface area contributed by atoms with E-state index in [-0.39, 0.29) is 21.0 Å². The molecule has 0 aliphatic carbocycles. The van der Waals surface area contributed by atoms with E-state index in [1.54, 1.807) is 6.92 Å². The first-order valence-electron chi connectivity index (χ1n) is 4.09. The number of carboxylic acid groups (broad SMARTS) is 2. The molecular formula is C6H9B2NO5. The van der Waals surface area contributed by atoms with E-state index < -0.39 is 17.1 Å². The Kier molecular flexibility index (Phi) is 2.83. The van der Waals surface area contributed by atoms with Crippen LogP contribution in [0.2, 0.25) is 0 Å². The third kappa shape index (κ3) is 2.51. The highest BCUT2D eigenvalue weighted by Gasteiger charge is 2.45. The minimum atomic E-state index is -1.19. The monoisotopic (exact) mass is 197 g/mol. The van der Waals surface area contributed by atoms with Gasteiger partial charge in [0.15, 0.2) is 0 Å². The summed E-state index contributed by atoms with van der Waals surface area (Å²) in [4.78, 5) is 26.0. The molecule has 1 rings (SSSR count). The normalized spacial score (nSPS) is 17.9. The van der Waals surface area contributed by atoms with E-state index in [2.05, 4.69) is 5.16 Å². The van der Waals surface area contributed by atoms with Crippen LogP contribution in [0.25, 0.3) is 0 Å². The number of nitrogens with zero attached hydrogens (tertiary/aromatic N) is 1. The Labute approximate surface area is 81.4 Å². The first-order chi connectivity index (χ1) is 6.43. The number of hydrogen-bond donors (Lipinski definition) is 2. The molecule has 6 nitrogen and oxygen atoms in total. The Hall–Kier alpha value is -1.46. The van der Waals surface area contributed by atoms with E-state index in [0.717, 1.165) is 0 Å². The lowest BCUT2D eigenvalue weighted by molar-refractivity contribution is 0.104. The van der Waals surface area contributed by atoms with Gasteiger partial charge in [-0.1, -0.05) is 5.16 Å². The highest BCUT2D eigenvalue weighted by Crippen LogP contribution is 2.22. The molecule has 0 unspecified atom stereocenters. The molecule has 0 saturated heterocycles. The Bertz CT molecular complexity index is 287. The predicted octanol–water partition coefficient (Wildman–Crippen LogP) is -0.335. The Morgan fingerprint density at radius 2 is 1.93 bits per heavy atom. The topological polar surface area (TPSA) is 96.2 Å². The zero-order valence-electron chi connectivity index (χ0n) is 7.69. The highest BCUT2D eigenvalue weighted by molar-refractivity contribution is 6.90. The maximum absolute atomic E-state index is 10.5. The first kappa shape index (κ1) is 10.6. The van der Waals surface area contributed by atoms with Crippen molar-refractivity contribution in [3.8, 4) is 0 Å². The Balaban J connectivity index is 2.72. The second kappa shape index (κ2) is 3.73. The van der Waals surface area contributed by atoms with Gasteiger partial charge in [-0.05, 0) is 6.92 Å². The molecule has 0 atom stereocenters. The molecule has 0 fully saturated rings. The largest absolute Gasteiger partial charge is 0.489 e. The summed E-state index contributed by atoms with van der Waals surface area (Å²) in [6, 6.07) is 0. The van der Waals surface area contributed by atoms with E-state index >= 15 is 0 Å². The van der Waals surface area contributed by atoms with Crippen molar-refractivity contribution in [2.45, 2.75) is 18.7 Å². The van der Waals surface area contributed by atoms with Crippen molar-refractivity contribution in [3.05, 3.63) is 0 Å². The van der Waals surface area contributed by atoms with E-state index in [9.17, 15) is 9.59 Å². The number of carbonyl (C=O) groups is 2. The number of rotatable bonds is 4.